The van der Waals surface area contributed by atoms with Gasteiger partial charge in [-0.15, -0.1) is 0 Å². The lowest BCUT2D eigenvalue weighted by atomic mass is 10.2. The normalized spacial score (nSPS) is 11.3. The van der Waals surface area contributed by atoms with Gasteiger partial charge >= 0.3 is 0 Å². The van der Waals surface area contributed by atoms with Crippen LogP contribution in [0, 0.1) is 17.0 Å². The Morgan fingerprint density at radius 2 is 2.00 bits per heavy atom. The first kappa shape index (κ1) is 11.4. The summed E-state index contributed by atoms with van der Waals surface area (Å²) in [5, 5.41) is 10.4. The number of hydrogen-bond acceptors (Lipinski definition) is 5. The van der Waals surface area contributed by atoms with Gasteiger partial charge in [0.1, 0.15) is 4.90 Å². The van der Waals surface area contributed by atoms with E-state index in [1.807, 2.05) is 0 Å². The van der Waals surface area contributed by atoms with Crippen molar-refractivity contribution < 1.29 is 17.9 Å². The van der Waals surface area contributed by atoms with Gasteiger partial charge in [0, 0.05) is 17.8 Å². The average molecular weight is 232 g/mol. The van der Waals surface area contributed by atoms with Crippen molar-refractivity contribution in [3.05, 3.63) is 27.8 Å². The van der Waals surface area contributed by atoms with Crippen molar-refractivity contribution in [1.29, 1.82) is 0 Å². The molecular weight excluding hydrogens is 224 g/mol. The zero-order chi connectivity index (χ0) is 11.8. The maximum Gasteiger partial charge on any atom is 0.295 e. The summed E-state index contributed by atoms with van der Waals surface area (Å²) in [5.74, 6) is 0. The van der Waals surface area contributed by atoms with Crippen LogP contribution in [0.1, 0.15) is 5.56 Å². The van der Waals surface area contributed by atoms with Crippen LogP contribution in [-0.4, -0.2) is 17.9 Å². The Labute approximate surface area is 85.4 Å². The molecule has 0 fully saturated rings. The maximum atomic E-state index is 10.9. The van der Waals surface area contributed by atoms with E-state index in [1.54, 1.807) is 0 Å². The lowest BCUT2D eigenvalue weighted by Crippen LogP contribution is -2.05. The number of nitrogens with two attached hydrogens (primary N) is 1. The Morgan fingerprint density at radius 3 is 2.40 bits per heavy atom. The minimum Gasteiger partial charge on any atom is -0.398 e. The van der Waals surface area contributed by atoms with Gasteiger partial charge in [0.2, 0.25) is 0 Å². The number of nitro groups is 1. The molecule has 0 heterocycles. The van der Waals surface area contributed by atoms with Crippen molar-refractivity contribution in [3.63, 3.8) is 0 Å². The molecule has 0 aliphatic carbocycles. The molecule has 1 rings (SSSR count). The van der Waals surface area contributed by atoms with Gasteiger partial charge in [-0.2, -0.15) is 8.42 Å². The number of nitro benzene ring substituents is 1. The molecule has 0 bridgehead atoms. The van der Waals surface area contributed by atoms with Crippen LogP contribution in [0.15, 0.2) is 17.0 Å². The summed E-state index contributed by atoms with van der Waals surface area (Å²) in [7, 11) is -4.50. The van der Waals surface area contributed by atoms with Gasteiger partial charge in [0.25, 0.3) is 15.8 Å². The molecule has 8 heteroatoms. The van der Waals surface area contributed by atoms with Crippen LogP contribution in [-0.2, 0) is 10.1 Å². The van der Waals surface area contributed by atoms with Gasteiger partial charge in [0.05, 0.1) is 4.92 Å². The molecule has 3 N–H and O–H groups in total. The Bertz CT molecular complexity index is 522. The van der Waals surface area contributed by atoms with Crippen LogP contribution in [0.5, 0.6) is 0 Å². The van der Waals surface area contributed by atoms with Crippen molar-refractivity contribution in [2.24, 2.45) is 0 Å². The molecular formula is C7H8N2O5S. The lowest BCUT2D eigenvalue weighted by molar-refractivity contribution is -0.385. The van der Waals surface area contributed by atoms with E-state index in [2.05, 4.69) is 0 Å². The van der Waals surface area contributed by atoms with Crippen molar-refractivity contribution in [1.82, 2.24) is 0 Å². The Balaban J connectivity index is 3.59. The molecule has 7 nitrogen and oxygen atoms in total. The van der Waals surface area contributed by atoms with Crippen molar-refractivity contribution in [2.75, 3.05) is 5.73 Å². The fourth-order valence-corrected chi connectivity index (χ4v) is 1.84. The second kappa shape index (κ2) is 3.48. The first-order chi connectivity index (χ1) is 6.73. The van der Waals surface area contributed by atoms with Crippen molar-refractivity contribution in [2.45, 2.75) is 11.8 Å². The fourth-order valence-electron chi connectivity index (χ4n) is 1.07. The SMILES string of the molecule is Cc1c(N)cc([N+](=O)[O-])cc1S(=O)(=O)O. The van der Waals surface area contributed by atoms with E-state index in [0.717, 1.165) is 12.1 Å². The molecule has 15 heavy (non-hydrogen) atoms. The minimum absolute atomic E-state index is 0.0585. The minimum atomic E-state index is -4.50. The summed E-state index contributed by atoms with van der Waals surface area (Å²) < 4.78 is 30.5. The number of benzene rings is 1. The van der Waals surface area contributed by atoms with Gasteiger partial charge in [0.15, 0.2) is 0 Å². The Kier molecular flexibility index (Phi) is 2.65. The third kappa shape index (κ3) is 2.22. The van der Waals surface area contributed by atoms with E-state index < -0.39 is 25.6 Å². The molecule has 0 spiro atoms. The van der Waals surface area contributed by atoms with Crippen LogP contribution in [0.3, 0.4) is 0 Å². The number of rotatable bonds is 2. The first-order valence-electron chi connectivity index (χ1n) is 3.75. The number of hydrogen-bond donors (Lipinski definition) is 2. The molecule has 1 aromatic carbocycles. The molecule has 0 saturated heterocycles. The van der Waals surface area contributed by atoms with Crippen LogP contribution in [0.4, 0.5) is 11.4 Å². The third-order valence-corrected chi connectivity index (χ3v) is 2.85. The molecule has 0 aromatic heterocycles. The zero-order valence-corrected chi connectivity index (χ0v) is 8.48. The van der Waals surface area contributed by atoms with E-state index in [-0.39, 0.29) is 11.3 Å². The van der Waals surface area contributed by atoms with E-state index in [9.17, 15) is 18.5 Å². The van der Waals surface area contributed by atoms with Crippen LogP contribution >= 0.6 is 0 Å². The molecule has 1 aromatic rings. The zero-order valence-electron chi connectivity index (χ0n) is 7.67. The number of nitrogen functional groups attached to an aromatic ring is 1. The molecule has 0 unspecified atom stereocenters. The first-order valence-corrected chi connectivity index (χ1v) is 5.19. The van der Waals surface area contributed by atoms with Gasteiger partial charge in [-0.1, -0.05) is 0 Å². The maximum absolute atomic E-state index is 10.9. The average Bonchev–Trinajstić information content (AvgIpc) is 2.06. The monoisotopic (exact) mass is 232 g/mol. The summed E-state index contributed by atoms with van der Waals surface area (Å²) in [6.07, 6.45) is 0. The van der Waals surface area contributed by atoms with E-state index in [1.165, 1.54) is 6.92 Å². The quantitative estimate of drug-likeness (QED) is 0.335. The van der Waals surface area contributed by atoms with Gasteiger partial charge in [-0.05, 0) is 12.5 Å². The summed E-state index contributed by atoms with van der Waals surface area (Å²) in [6, 6.07) is 1.80. The summed E-state index contributed by atoms with van der Waals surface area (Å²) in [4.78, 5) is 9.08. The molecule has 0 aliphatic rings. The fraction of sp³-hybridized carbons (Fsp3) is 0.143. The highest BCUT2D eigenvalue weighted by Gasteiger charge is 2.20. The van der Waals surface area contributed by atoms with Gasteiger partial charge < -0.3 is 5.73 Å². The van der Waals surface area contributed by atoms with Crippen molar-refractivity contribution in [3.8, 4) is 0 Å². The Hall–Kier alpha value is -1.67. The largest absolute Gasteiger partial charge is 0.398 e. The predicted molar refractivity (Wildman–Crippen MR) is 52.1 cm³/mol. The number of anilines is 1. The van der Waals surface area contributed by atoms with E-state index in [4.69, 9.17) is 10.3 Å². The highest BCUT2D eigenvalue weighted by molar-refractivity contribution is 7.85. The summed E-state index contributed by atoms with van der Waals surface area (Å²) in [5.41, 5.74) is 4.92. The van der Waals surface area contributed by atoms with Crippen LogP contribution < -0.4 is 5.73 Å². The molecule has 0 amide bonds. The summed E-state index contributed by atoms with van der Waals surface area (Å²) in [6.45, 7) is 1.35. The number of non-ortho nitro benzene ring substituents is 1. The third-order valence-electron chi connectivity index (χ3n) is 1.87. The second-order valence-electron chi connectivity index (χ2n) is 2.89. The molecule has 0 saturated carbocycles. The molecule has 0 aliphatic heterocycles. The highest BCUT2D eigenvalue weighted by atomic mass is 32.2. The Morgan fingerprint density at radius 1 is 1.47 bits per heavy atom. The van der Waals surface area contributed by atoms with E-state index >= 15 is 0 Å². The summed E-state index contributed by atoms with van der Waals surface area (Å²) >= 11 is 0. The van der Waals surface area contributed by atoms with Gasteiger partial charge in [-0.3, -0.25) is 14.7 Å². The van der Waals surface area contributed by atoms with Crippen LogP contribution in [0.2, 0.25) is 0 Å². The molecule has 0 radical (unpaired) electrons. The van der Waals surface area contributed by atoms with Crippen molar-refractivity contribution >= 4 is 21.5 Å². The standard InChI is InChI=1S/C7H8N2O5S/c1-4-6(8)2-5(9(10)11)3-7(4)15(12,13)14/h2-3H,8H2,1H3,(H,12,13,14). The van der Waals surface area contributed by atoms with Crippen LogP contribution in [0.25, 0.3) is 0 Å². The smallest absolute Gasteiger partial charge is 0.295 e. The number of nitrogens with zero attached hydrogens (tertiary/aromatic N) is 1. The van der Waals surface area contributed by atoms with E-state index in [0.29, 0.717) is 0 Å². The topological polar surface area (TPSA) is 124 Å². The van der Waals surface area contributed by atoms with Gasteiger partial charge in [-0.25, -0.2) is 0 Å². The second-order valence-corrected chi connectivity index (χ2v) is 4.28. The lowest BCUT2D eigenvalue weighted by Gasteiger charge is -2.05. The molecule has 0 atom stereocenters. The predicted octanol–water partition coefficient (Wildman–Crippen LogP) is 0.732. The highest BCUT2D eigenvalue weighted by Crippen LogP contribution is 2.26. The molecule has 82 valence electrons.